The zero-order chi connectivity index (χ0) is 15.4. The molecule has 0 radical (unpaired) electrons. The van der Waals surface area contributed by atoms with E-state index in [1.165, 1.54) is 11.1 Å². The molecule has 0 amide bonds. The number of hydrogen-bond acceptors (Lipinski definition) is 3. The van der Waals surface area contributed by atoms with Gasteiger partial charge >= 0.3 is 5.97 Å². The van der Waals surface area contributed by atoms with Crippen molar-refractivity contribution in [3.8, 4) is 0 Å². The fraction of sp³-hybridized carbons (Fsp3) is 0.294. The van der Waals surface area contributed by atoms with Gasteiger partial charge in [0.05, 0.1) is 10.6 Å². The van der Waals surface area contributed by atoms with Crippen LogP contribution in [0, 0.1) is 6.92 Å². The summed E-state index contributed by atoms with van der Waals surface area (Å²) in [7, 11) is 0. The molecule has 0 aliphatic heterocycles. The Kier molecular flexibility index (Phi) is 5.02. The average molecular weight is 301 g/mol. The van der Waals surface area contributed by atoms with E-state index < -0.39 is 5.97 Å². The van der Waals surface area contributed by atoms with E-state index in [0.29, 0.717) is 5.56 Å². The van der Waals surface area contributed by atoms with E-state index in [0.717, 1.165) is 16.5 Å². The smallest absolute Gasteiger partial charge is 0.335 e. The first-order valence-electron chi connectivity index (χ1n) is 6.90. The lowest BCUT2D eigenvalue weighted by Gasteiger charge is -2.10. The minimum absolute atomic E-state index is 0.210. The number of carboxylic acid groups (broad SMARTS) is 1. The van der Waals surface area contributed by atoms with Gasteiger partial charge in [-0.1, -0.05) is 38.1 Å². The van der Waals surface area contributed by atoms with Crippen LogP contribution in [0.1, 0.15) is 46.9 Å². The van der Waals surface area contributed by atoms with Crippen molar-refractivity contribution < 1.29 is 9.90 Å². The fourth-order valence-corrected chi connectivity index (χ4v) is 2.95. The molecular weight excluding hydrogens is 282 g/mol. The summed E-state index contributed by atoms with van der Waals surface area (Å²) in [5.41, 5.74) is 3.61. The average Bonchev–Trinajstić information content (AvgIpc) is 2.46. The minimum Gasteiger partial charge on any atom is -0.478 e. The van der Waals surface area contributed by atoms with Gasteiger partial charge in [0.1, 0.15) is 0 Å². The molecular formula is C17H19NO2S. The Hall–Kier alpha value is -1.81. The van der Waals surface area contributed by atoms with Gasteiger partial charge in [-0.3, -0.25) is 0 Å². The van der Waals surface area contributed by atoms with Crippen molar-refractivity contribution in [3.63, 3.8) is 0 Å². The van der Waals surface area contributed by atoms with Gasteiger partial charge in [-0.25, -0.2) is 9.78 Å². The lowest BCUT2D eigenvalue weighted by atomic mass is 10.1. The topological polar surface area (TPSA) is 50.2 Å². The predicted molar refractivity (Wildman–Crippen MR) is 86.0 cm³/mol. The van der Waals surface area contributed by atoms with Gasteiger partial charge in [0, 0.05) is 11.4 Å². The third-order valence-corrected chi connectivity index (χ3v) is 4.26. The van der Waals surface area contributed by atoms with Crippen molar-refractivity contribution in [2.75, 3.05) is 0 Å². The third-order valence-electron chi connectivity index (χ3n) is 3.30. The van der Waals surface area contributed by atoms with E-state index in [2.05, 4.69) is 24.0 Å². The highest BCUT2D eigenvalue weighted by Crippen LogP contribution is 2.26. The number of aromatic carboxylic acids is 1. The number of rotatable bonds is 5. The van der Waals surface area contributed by atoms with Crippen LogP contribution in [0.5, 0.6) is 0 Å². The Balaban J connectivity index is 2.23. The van der Waals surface area contributed by atoms with Crippen molar-refractivity contribution in [3.05, 3.63) is 58.8 Å². The van der Waals surface area contributed by atoms with Gasteiger partial charge in [0.25, 0.3) is 0 Å². The van der Waals surface area contributed by atoms with Crippen molar-refractivity contribution >= 4 is 17.7 Å². The molecule has 0 aliphatic carbocycles. The number of hydrogen-bond donors (Lipinski definition) is 1. The zero-order valence-electron chi connectivity index (χ0n) is 12.5. The molecule has 0 aliphatic rings. The second kappa shape index (κ2) is 6.76. The molecule has 4 heteroatoms. The molecule has 1 aromatic heterocycles. The monoisotopic (exact) mass is 301 g/mol. The lowest BCUT2D eigenvalue weighted by Crippen LogP contribution is -2.02. The molecule has 2 aromatic rings. The van der Waals surface area contributed by atoms with Gasteiger partial charge in [-0.15, -0.1) is 11.8 Å². The second-order valence-electron chi connectivity index (χ2n) is 5.29. The first-order chi connectivity index (χ1) is 9.97. The summed E-state index contributed by atoms with van der Waals surface area (Å²) < 4.78 is 0. The molecule has 0 saturated carbocycles. The van der Waals surface area contributed by atoms with Gasteiger partial charge in [0.15, 0.2) is 0 Å². The Morgan fingerprint density at radius 1 is 1.29 bits per heavy atom. The molecule has 0 fully saturated rings. The van der Waals surface area contributed by atoms with Crippen LogP contribution >= 0.6 is 11.8 Å². The summed E-state index contributed by atoms with van der Waals surface area (Å²) >= 11 is 1.58. The Morgan fingerprint density at radius 2 is 2.00 bits per heavy atom. The lowest BCUT2D eigenvalue weighted by molar-refractivity contribution is 0.0696. The summed E-state index contributed by atoms with van der Waals surface area (Å²) in [6.07, 6.45) is 0. The second-order valence-corrected chi connectivity index (χ2v) is 6.29. The molecule has 1 N–H and O–H groups in total. The third kappa shape index (κ3) is 4.08. The highest BCUT2D eigenvalue weighted by Gasteiger charge is 2.11. The number of thioether (sulfide) groups is 1. The molecule has 2 rings (SSSR count). The maximum absolute atomic E-state index is 11.2. The summed E-state index contributed by atoms with van der Waals surface area (Å²) in [4.78, 5) is 15.8. The zero-order valence-corrected chi connectivity index (χ0v) is 13.3. The van der Waals surface area contributed by atoms with Crippen LogP contribution in [0.25, 0.3) is 0 Å². The molecule has 0 unspecified atom stereocenters. The molecule has 0 saturated heterocycles. The number of nitrogens with zero attached hydrogens (tertiary/aromatic N) is 1. The molecule has 1 heterocycles. The first-order valence-corrected chi connectivity index (χ1v) is 7.88. The molecule has 21 heavy (non-hydrogen) atoms. The van der Waals surface area contributed by atoms with Crippen LogP contribution in [0.3, 0.4) is 0 Å². The van der Waals surface area contributed by atoms with E-state index >= 15 is 0 Å². The molecule has 0 bridgehead atoms. The maximum Gasteiger partial charge on any atom is 0.335 e. The van der Waals surface area contributed by atoms with Crippen molar-refractivity contribution in [2.24, 2.45) is 0 Å². The summed E-state index contributed by atoms with van der Waals surface area (Å²) in [5, 5.41) is 9.97. The van der Waals surface area contributed by atoms with Crippen molar-refractivity contribution in [1.82, 2.24) is 4.98 Å². The standard InChI is InChI=1S/C17H19NO2S/c1-11(2)15-8-14(17(19)20)9-16(18-15)21-10-13-7-5-4-6-12(13)3/h4-9,11H,10H2,1-3H3,(H,19,20). The first kappa shape index (κ1) is 15.6. The highest BCUT2D eigenvalue weighted by molar-refractivity contribution is 7.98. The fourth-order valence-electron chi connectivity index (χ4n) is 1.94. The maximum atomic E-state index is 11.2. The number of carbonyl (C=O) groups is 1. The van der Waals surface area contributed by atoms with Gasteiger partial charge in [-0.05, 0) is 36.1 Å². The molecule has 0 spiro atoms. The number of aromatic nitrogens is 1. The number of pyridine rings is 1. The SMILES string of the molecule is Cc1ccccc1CSc1cc(C(=O)O)cc(C(C)C)n1. The van der Waals surface area contributed by atoms with E-state index in [-0.39, 0.29) is 5.92 Å². The molecule has 110 valence electrons. The van der Waals surface area contributed by atoms with Crippen LogP contribution in [0.4, 0.5) is 0 Å². The van der Waals surface area contributed by atoms with Crippen LogP contribution < -0.4 is 0 Å². The highest BCUT2D eigenvalue weighted by atomic mass is 32.2. The van der Waals surface area contributed by atoms with E-state index in [1.54, 1.807) is 23.9 Å². The van der Waals surface area contributed by atoms with Crippen LogP contribution in [-0.2, 0) is 5.75 Å². The Labute approximate surface area is 129 Å². The molecule has 3 nitrogen and oxygen atoms in total. The van der Waals surface area contributed by atoms with Crippen molar-refractivity contribution in [1.29, 1.82) is 0 Å². The predicted octanol–water partition coefficient (Wildman–Crippen LogP) is 4.50. The van der Waals surface area contributed by atoms with Crippen LogP contribution in [0.2, 0.25) is 0 Å². The van der Waals surface area contributed by atoms with E-state index in [4.69, 9.17) is 0 Å². The minimum atomic E-state index is -0.906. The summed E-state index contributed by atoms with van der Waals surface area (Å²) in [5.74, 6) is 0.0967. The van der Waals surface area contributed by atoms with Gasteiger partial charge < -0.3 is 5.11 Å². The summed E-state index contributed by atoms with van der Waals surface area (Å²) in [6, 6.07) is 11.5. The van der Waals surface area contributed by atoms with E-state index in [1.807, 2.05) is 26.0 Å². The Bertz CT molecular complexity index is 653. The quantitative estimate of drug-likeness (QED) is 0.826. The number of aryl methyl sites for hydroxylation is 1. The largest absolute Gasteiger partial charge is 0.478 e. The summed E-state index contributed by atoms with van der Waals surface area (Å²) in [6.45, 7) is 6.12. The van der Waals surface area contributed by atoms with Crippen LogP contribution in [-0.4, -0.2) is 16.1 Å². The number of benzene rings is 1. The van der Waals surface area contributed by atoms with Crippen LogP contribution in [0.15, 0.2) is 41.4 Å². The van der Waals surface area contributed by atoms with Gasteiger partial charge in [-0.2, -0.15) is 0 Å². The molecule has 1 aromatic carbocycles. The number of carboxylic acids is 1. The van der Waals surface area contributed by atoms with Crippen molar-refractivity contribution in [2.45, 2.75) is 37.5 Å². The normalized spacial score (nSPS) is 10.9. The van der Waals surface area contributed by atoms with E-state index in [9.17, 15) is 9.90 Å². The van der Waals surface area contributed by atoms with Gasteiger partial charge in [0.2, 0.25) is 0 Å². The Morgan fingerprint density at radius 3 is 2.62 bits per heavy atom. The molecule has 0 atom stereocenters.